The zero-order valence-corrected chi connectivity index (χ0v) is 18.4. The number of methoxy groups -OCH3 is 1. The van der Waals surface area contributed by atoms with Crippen LogP contribution in [-0.4, -0.2) is 23.1 Å². The predicted octanol–water partition coefficient (Wildman–Crippen LogP) is 6.28. The number of rotatable bonds is 6. The van der Waals surface area contributed by atoms with Crippen LogP contribution in [0.25, 0.3) is 0 Å². The van der Waals surface area contributed by atoms with E-state index >= 15 is 0 Å². The number of para-hydroxylation sites is 1. The molecule has 0 saturated carbocycles. The standard InChI is InChI=1S/C28H28N2O2/c1-31-24-15-13-22(14-16-24)21-30-19-7-18-29-17-6-12-27(29)28(30)23-8-5-11-26(20-23)32-25-9-3-2-4-10-25/h2-6,8-17,20,28H,7,18-19,21H2,1H3/t28-/m0/s1. The van der Waals surface area contributed by atoms with E-state index in [1.54, 1.807) is 7.11 Å². The Hall–Kier alpha value is -3.50. The van der Waals surface area contributed by atoms with Gasteiger partial charge in [-0.3, -0.25) is 4.90 Å². The van der Waals surface area contributed by atoms with Crippen molar-refractivity contribution in [2.75, 3.05) is 13.7 Å². The van der Waals surface area contributed by atoms with Gasteiger partial charge < -0.3 is 14.0 Å². The van der Waals surface area contributed by atoms with E-state index in [-0.39, 0.29) is 6.04 Å². The monoisotopic (exact) mass is 424 g/mol. The first-order valence-corrected chi connectivity index (χ1v) is 11.1. The van der Waals surface area contributed by atoms with E-state index in [2.05, 4.69) is 58.1 Å². The number of nitrogens with zero attached hydrogens (tertiary/aromatic N) is 2. The summed E-state index contributed by atoms with van der Waals surface area (Å²) in [5.41, 5.74) is 3.86. The second-order valence-electron chi connectivity index (χ2n) is 8.19. The highest BCUT2D eigenvalue weighted by Gasteiger charge is 2.27. The maximum Gasteiger partial charge on any atom is 0.127 e. The van der Waals surface area contributed by atoms with Gasteiger partial charge in [-0.15, -0.1) is 0 Å². The summed E-state index contributed by atoms with van der Waals surface area (Å²) in [4.78, 5) is 2.57. The average Bonchev–Trinajstić information content (AvgIpc) is 3.21. The van der Waals surface area contributed by atoms with Crippen LogP contribution < -0.4 is 9.47 Å². The lowest BCUT2D eigenvalue weighted by molar-refractivity contribution is 0.220. The van der Waals surface area contributed by atoms with Gasteiger partial charge in [-0.25, -0.2) is 0 Å². The van der Waals surface area contributed by atoms with E-state index < -0.39 is 0 Å². The minimum Gasteiger partial charge on any atom is -0.497 e. The van der Waals surface area contributed by atoms with Crippen LogP contribution in [-0.2, 0) is 13.1 Å². The number of ether oxygens (including phenoxy) is 2. The molecule has 1 aromatic heterocycles. The van der Waals surface area contributed by atoms with Crippen molar-refractivity contribution in [2.45, 2.75) is 25.6 Å². The van der Waals surface area contributed by atoms with Crippen molar-refractivity contribution in [2.24, 2.45) is 0 Å². The van der Waals surface area contributed by atoms with E-state index in [0.717, 1.165) is 43.3 Å². The van der Waals surface area contributed by atoms with Gasteiger partial charge in [0, 0.05) is 31.5 Å². The minimum atomic E-state index is 0.161. The van der Waals surface area contributed by atoms with Crippen LogP contribution in [0.15, 0.2) is 97.2 Å². The van der Waals surface area contributed by atoms with Crippen LogP contribution >= 0.6 is 0 Å². The lowest BCUT2D eigenvalue weighted by Crippen LogP contribution is -2.29. The van der Waals surface area contributed by atoms with Crippen LogP contribution in [0.3, 0.4) is 0 Å². The van der Waals surface area contributed by atoms with E-state index in [9.17, 15) is 0 Å². The van der Waals surface area contributed by atoms with Gasteiger partial charge in [0.05, 0.1) is 13.2 Å². The van der Waals surface area contributed by atoms with Crippen molar-refractivity contribution in [3.05, 3.63) is 114 Å². The molecule has 0 spiro atoms. The van der Waals surface area contributed by atoms with Gasteiger partial charge in [0.2, 0.25) is 0 Å². The van der Waals surface area contributed by atoms with Gasteiger partial charge >= 0.3 is 0 Å². The molecule has 0 N–H and O–H groups in total. The molecule has 3 aromatic carbocycles. The molecule has 32 heavy (non-hydrogen) atoms. The highest BCUT2D eigenvalue weighted by atomic mass is 16.5. The Bertz CT molecular complexity index is 1150. The van der Waals surface area contributed by atoms with Crippen molar-refractivity contribution in [3.8, 4) is 17.2 Å². The zero-order chi connectivity index (χ0) is 21.8. The molecular weight excluding hydrogens is 396 g/mol. The van der Waals surface area contributed by atoms with E-state index in [1.807, 2.05) is 48.5 Å². The normalized spacial score (nSPS) is 16.2. The third-order valence-electron chi connectivity index (χ3n) is 6.05. The number of benzene rings is 3. The second kappa shape index (κ2) is 9.33. The summed E-state index contributed by atoms with van der Waals surface area (Å²) in [5.74, 6) is 2.60. The van der Waals surface area contributed by atoms with Gasteiger partial charge in [-0.2, -0.15) is 0 Å². The molecule has 1 atom stereocenters. The Morgan fingerprint density at radius 3 is 2.41 bits per heavy atom. The van der Waals surface area contributed by atoms with Gasteiger partial charge in [-0.1, -0.05) is 42.5 Å². The fourth-order valence-electron chi connectivity index (χ4n) is 4.53. The van der Waals surface area contributed by atoms with Crippen molar-refractivity contribution in [3.63, 3.8) is 0 Å². The van der Waals surface area contributed by atoms with Crippen LogP contribution in [0.1, 0.15) is 29.3 Å². The third-order valence-corrected chi connectivity index (χ3v) is 6.05. The number of aromatic nitrogens is 1. The molecule has 0 fully saturated rings. The third kappa shape index (κ3) is 4.41. The molecule has 4 nitrogen and oxygen atoms in total. The summed E-state index contributed by atoms with van der Waals surface area (Å²) in [7, 11) is 1.71. The lowest BCUT2D eigenvalue weighted by atomic mass is 10.0. The smallest absolute Gasteiger partial charge is 0.127 e. The summed E-state index contributed by atoms with van der Waals surface area (Å²) in [6.07, 6.45) is 3.32. The zero-order valence-electron chi connectivity index (χ0n) is 18.4. The molecule has 4 aromatic rings. The molecule has 2 heterocycles. The van der Waals surface area contributed by atoms with Crippen LogP contribution in [0.2, 0.25) is 0 Å². The van der Waals surface area contributed by atoms with E-state index in [1.165, 1.54) is 16.8 Å². The average molecular weight is 425 g/mol. The Labute approximate surface area is 189 Å². The molecule has 4 heteroatoms. The van der Waals surface area contributed by atoms with Gasteiger partial charge in [-0.05, 0) is 66.1 Å². The molecule has 0 saturated heterocycles. The quantitative estimate of drug-likeness (QED) is 0.364. The maximum atomic E-state index is 6.15. The number of aryl methyl sites for hydroxylation is 1. The molecule has 1 aliphatic rings. The Balaban J connectivity index is 1.48. The SMILES string of the molecule is COc1ccc(CN2CCCn3cccc3[C@@H]2c2cccc(Oc3ccccc3)c2)cc1. The van der Waals surface area contributed by atoms with Gasteiger partial charge in [0.15, 0.2) is 0 Å². The molecule has 0 radical (unpaired) electrons. The number of fused-ring (bicyclic) bond motifs is 1. The number of hydrogen-bond donors (Lipinski definition) is 0. The van der Waals surface area contributed by atoms with E-state index in [0.29, 0.717) is 0 Å². The molecule has 1 aliphatic heterocycles. The Kier molecular flexibility index (Phi) is 5.95. The van der Waals surface area contributed by atoms with Crippen LogP contribution in [0, 0.1) is 0 Å². The molecule has 0 aliphatic carbocycles. The predicted molar refractivity (Wildman–Crippen MR) is 127 cm³/mol. The molecule has 162 valence electrons. The van der Waals surface area contributed by atoms with E-state index in [4.69, 9.17) is 9.47 Å². The van der Waals surface area contributed by atoms with Crippen LogP contribution in [0.5, 0.6) is 17.2 Å². The van der Waals surface area contributed by atoms with Gasteiger partial charge in [0.1, 0.15) is 17.2 Å². The lowest BCUT2D eigenvalue weighted by Gasteiger charge is -2.31. The van der Waals surface area contributed by atoms with Crippen LogP contribution in [0.4, 0.5) is 0 Å². The first-order chi connectivity index (χ1) is 15.8. The second-order valence-corrected chi connectivity index (χ2v) is 8.19. The fraction of sp³-hybridized carbons (Fsp3) is 0.214. The largest absolute Gasteiger partial charge is 0.497 e. The summed E-state index contributed by atoms with van der Waals surface area (Å²) >= 11 is 0. The first kappa shape index (κ1) is 20.4. The van der Waals surface area contributed by atoms with Crippen molar-refractivity contribution >= 4 is 0 Å². The highest BCUT2D eigenvalue weighted by Crippen LogP contribution is 2.35. The molecule has 0 amide bonds. The highest BCUT2D eigenvalue weighted by molar-refractivity contribution is 5.38. The maximum absolute atomic E-state index is 6.15. The fourth-order valence-corrected chi connectivity index (χ4v) is 4.53. The van der Waals surface area contributed by atoms with Crippen molar-refractivity contribution in [1.82, 2.24) is 9.47 Å². The first-order valence-electron chi connectivity index (χ1n) is 11.1. The summed E-state index contributed by atoms with van der Waals surface area (Å²) in [6, 6.07) is 31.5. The van der Waals surface area contributed by atoms with Crippen molar-refractivity contribution in [1.29, 1.82) is 0 Å². The topological polar surface area (TPSA) is 26.6 Å². The number of hydrogen-bond acceptors (Lipinski definition) is 3. The Morgan fingerprint density at radius 2 is 1.59 bits per heavy atom. The molecule has 0 unspecified atom stereocenters. The van der Waals surface area contributed by atoms with Gasteiger partial charge in [0.25, 0.3) is 0 Å². The minimum absolute atomic E-state index is 0.161. The summed E-state index contributed by atoms with van der Waals surface area (Å²) in [5, 5.41) is 0. The Morgan fingerprint density at radius 1 is 0.781 bits per heavy atom. The van der Waals surface area contributed by atoms with Crippen molar-refractivity contribution < 1.29 is 9.47 Å². The molecular formula is C28H28N2O2. The summed E-state index contributed by atoms with van der Waals surface area (Å²) in [6.45, 7) is 2.95. The summed E-state index contributed by atoms with van der Waals surface area (Å²) < 4.78 is 13.9. The molecule has 5 rings (SSSR count). The molecule has 0 bridgehead atoms.